The molecule has 1 saturated heterocycles. The SMILES string of the molecule is NC(=O)C1CN(c2cc(F)c(N3CC=CC3)c(F)c2)C(=O)O1. The summed E-state index contributed by atoms with van der Waals surface area (Å²) in [5.41, 5.74) is 4.90. The summed E-state index contributed by atoms with van der Waals surface area (Å²) < 4.78 is 33.2. The van der Waals surface area contributed by atoms with Gasteiger partial charge in [0.2, 0.25) is 0 Å². The molecule has 2 N–H and O–H groups in total. The van der Waals surface area contributed by atoms with Gasteiger partial charge in [0.15, 0.2) is 17.7 Å². The zero-order chi connectivity index (χ0) is 15.9. The van der Waals surface area contributed by atoms with Gasteiger partial charge in [0, 0.05) is 25.2 Å². The Bertz CT molecular complexity index is 646. The van der Waals surface area contributed by atoms with Crippen LogP contribution in [0.4, 0.5) is 25.0 Å². The highest BCUT2D eigenvalue weighted by Gasteiger charge is 2.36. The van der Waals surface area contributed by atoms with Crippen molar-refractivity contribution in [2.45, 2.75) is 6.10 Å². The van der Waals surface area contributed by atoms with Crippen LogP contribution in [0.3, 0.4) is 0 Å². The number of ether oxygens (including phenoxy) is 1. The third-order valence-electron chi connectivity index (χ3n) is 3.58. The Morgan fingerprint density at radius 2 is 1.82 bits per heavy atom. The van der Waals surface area contributed by atoms with E-state index in [4.69, 9.17) is 10.5 Å². The van der Waals surface area contributed by atoms with Crippen molar-refractivity contribution in [2.24, 2.45) is 5.73 Å². The monoisotopic (exact) mass is 309 g/mol. The van der Waals surface area contributed by atoms with Gasteiger partial charge in [0.05, 0.1) is 12.2 Å². The number of anilines is 2. The first-order chi connectivity index (χ1) is 10.5. The van der Waals surface area contributed by atoms with Crippen LogP contribution in [0.15, 0.2) is 24.3 Å². The minimum absolute atomic E-state index is 0.0142. The van der Waals surface area contributed by atoms with E-state index in [0.29, 0.717) is 13.1 Å². The number of hydrogen-bond donors (Lipinski definition) is 1. The Morgan fingerprint density at radius 3 is 2.32 bits per heavy atom. The lowest BCUT2D eigenvalue weighted by Crippen LogP contribution is -2.32. The van der Waals surface area contributed by atoms with Crippen LogP contribution in [0.2, 0.25) is 0 Å². The van der Waals surface area contributed by atoms with Crippen LogP contribution in [-0.2, 0) is 9.53 Å². The average Bonchev–Trinajstić information content (AvgIpc) is 3.07. The minimum atomic E-state index is -1.12. The molecule has 2 amide bonds. The number of primary amides is 1. The molecule has 116 valence electrons. The summed E-state index contributed by atoms with van der Waals surface area (Å²) in [5, 5.41) is 0. The molecular formula is C14H13F2N3O3. The largest absolute Gasteiger partial charge is 0.434 e. The molecule has 3 rings (SSSR count). The molecular weight excluding hydrogens is 296 g/mol. The third kappa shape index (κ3) is 2.36. The molecule has 2 aliphatic rings. The van der Waals surface area contributed by atoms with Crippen LogP contribution in [0.5, 0.6) is 0 Å². The molecule has 1 aromatic carbocycles. The summed E-state index contributed by atoms with van der Waals surface area (Å²) in [7, 11) is 0. The van der Waals surface area contributed by atoms with Crippen molar-refractivity contribution in [2.75, 3.05) is 29.4 Å². The van der Waals surface area contributed by atoms with Gasteiger partial charge in [-0.15, -0.1) is 0 Å². The summed E-state index contributed by atoms with van der Waals surface area (Å²) in [6.45, 7) is 0.670. The maximum Gasteiger partial charge on any atom is 0.415 e. The fourth-order valence-electron chi connectivity index (χ4n) is 2.49. The van der Waals surface area contributed by atoms with Crippen molar-refractivity contribution in [1.82, 2.24) is 0 Å². The number of benzene rings is 1. The normalized spacial score (nSPS) is 20.6. The van der Waals surface area contributed by atoms with Crippen LogP contribution in [0.1, 0.15) is 0 Å². The van der Waals surface area contributed by atoms with Gasteiger partial charge in [-0.05, 0) is 0 Å². The van der Waals surface area contributed by atoms with Crippen molar-refractivity contribution in [1.29, 1.82) is 0 Å². The molecule has 6 nitrogen and oxygen atoms in total. The minimum Gasteiger partial charge on any atom is -0.434 e. The first-order valence-corrected chi connectivity index (χ1v) is 6.64. The molecule has 2 aliphatic heterocycles. The molecule has 1 aromatic rings. The molecule has 0 aliphatic carbocycles. The fraction of sp³-hybridized carbons (Fsp3) is 0.286. The summed E-state index contributed by atoms with van der Waals surface area (Å²) in [5.74, 6) is -2.38. The Labute approximate surface area is 124 Å². The lowest BCUT2D eigenvalue weighted by Gasteiger charge is -2.21. The van der Waals surface area contributed by atoms with E-state index in [1.54, 1.807) is 0 Å². The number of carbonyl (C=O) groups is 2. The van der Waals surface area contributed by atoms with Gasteiger partial charge >= 0.3 is 6.09 Å². The number of nitrogens with zero attached hydrogens (tertiary/aromatic N) is 2. The predicted molar refractivity (Wildman–Crippen MR) is 74.5 cm³/mol. The summed E-state index contributed by atoms with van der Waals surface area (Å²) in [6, 6.07) is 2.09. The molecule has 1 fully saturated rings. The average molecular weight is 309 g/mol. The Balaban J connectivity index is 1.90. The molecule has 0 radical (unpaired) electrons. The summed E-state index contributed by atoms with van der Waals surface area (Å²) in [6.07, 6.45) is 1.63. The van der Waals surface area contributed by atoms with E-state index in [0.717, 1.165) is 17.0 Å². The smallest absolute Gasteiger partial charge is 0.415 e. The number of hydrogen-bond acceptors (Lipinski definition) is 4. The van der Waals surface area contributed by atoms with Crippen LogP contribution >= 0.6 is 0 Å². The van der Waals surface area contributed by atoms with Crippen molar-refractivity contribution in [3.8, 4) is 0 Å². The van der Waals surface area contributed by atoms with E-state index in [9.17, 15) is 18.4 Å². The second-order valence-corrected chi connectivity index (χ2v) is 5.02. The molecule has 8 heteroatoms. The molecule has 22 heavy (non-hydrogen) atoms. The zero-order valence-corrected chi connectivity index (χ0v) is 11.5. The van der Waals surface area contributed by atoms with E-state index in [1.807, 2.05) is 12.2 Å². The number of amides is 2. The first kappa shape index (κ1) is 14.3. The topological polar surface area (TPSA) is 75.9 Å². The van der Waals surface area contributed by atoms with Crippen LogP contribution in [0.25, 0.3) is 0 Å². The molecule has 1 atom stereocenters. The molecule has 0 aromatic heterocycles. The Kier molecular flexibility index (Phi) is 3.44. The highest BCUT2D eigenvalue weighted by molar-refractivity contribution is 5.95. The molecule has 2 heterocycles. The number of rotatable bonds is 3. The summed E-state index contributed by atoms with van der Waals surface area (Å²) >= 11 is 0. The number of cyclic esters (lactones) is 1. The molecule has 1 unspecified atom stereocenters. The van der Waals surface area contributed by atoms with Crippen LogP contribution in [0, 0.1) is 11.6 Å². The van der Waals surface area contributed by atoms with E-state index in [-0.39, 0.29) is 17.9 Å². The van der Waals surface area contributed by atoms with Crippen molar-refractivity contribution >= 4 is 23.4 Å². The second-order valence-electron chi connectivity index (χ2n) is 5.02. The van der Waals surface area contributed by atoms with Crippen molar-refractivity contribution in [3.05, 3.63) is 35.9 Å². The van der Waals surface area contributed by atoms with Crippen molar-refractivity contribution < 1.29 is 23.1 Å². The number of carbonyl (C=O) groups excluding carboxylic acids is 2. The van der Waals surface area contributed by atoms with Crippen molar-refractivity contribution in [3.63, 3.8) is 0 Å². The number of nitrogens with two attached hydrogens (primary N) is 1. The van der Waals surface area contributed by atoms with Gasteiger partial charge in [-0.25, -0.2) is 13.6 Å². The maximum atomic E-state index is 14.2. The van der Waals surface area contributed by atoms with Gasteiger partial charge in [-0.1, -0.05) is 12.2 Å². The zero-order valence-electron chi connectivity index (χ0n) is 11.5. The quantitative estimate of drug-likeness (QED) is 0.850. The van der Waals surface area contributed by atoms with Gasteiger partial charge in [-0.2, -0.15) is 0 Å². The van der Waals surface area contributed by atoms with E-state index >= 15 is 0 Å². The third-order valence-corrected chi connectivity index (χ3v) is 3.58. The van der Waals surface area contributed by atoms with Gasteiger partial charge < -0.3 is 15.4 Å². The first-order valence-electron chi connectivity index (χ1n) is 6.64. The molecule has 0 spiro atoms. The number of halogens is 2. The highest BCUT2D eigenvalue weighted by atomic mass is 19.1. The van der Waals surface area contributed by atoms with E-state index in [2.05, 4.69) is 0 Å². The Hall–Kier alpha value is -2.64. The fourth-order valence-corrected chi connectivity index (χ4v) is 2.49. The highest BCUT2D eigenvalue weighted by Crippen LogP contribution is 2.31. The molecule has 0 bridgehead atoms. The predicted octanol–water partition coefficient (Wildman–Crippen LogP) is 1.15. The lowest BCUT2D eigenvalue weighted by molar-refractivity contribution is -0.124. The maximum absolute atomic E-state index is 14.2. The van der Waals surface area contributed by atoms with Crippen LogP contribution in [-0.4, -0.2) is 37.7 Å². The molecule has 0 saturated carbocycles. The lowest BCUT2D eigenvalue weighted by atomic mass is 10.2. The van der Waals surface area contributed by atoms with Gasteiger partial charge in [0.25, 0.3) is 5.91 Å². The van der Waals surface area contributed by atoms with Gasteiger partial charge in [-0.3, -0.25) is 9.69 Å². The van der Waals surface area contributed by atoms with E-state index in [1.165, 1.54) is 4.90 Å². The van der Waals surface area contributed by atoms with Gasteiger partial charge in [0.1, 0.15) is 5.69 Å². The second kappa shape index (κ2) is 5.28. The standard InChI is InChI=1S/C14H13F2N3O3/c15-9-5-8(19-7-11(13(17)20)22-14(19)21)6-10(16)12(9)18-3-1-2-4-18/h1-2,5-6,11H,3-4,7H2,(H2,17,20). The van der Waals surface area contributed by atoms with Crippen LogP contribution < -0.4 is 15.5 Å². The summed E-state index contributed by atoms with van der Waals surface area (Å²) in [4.78, 5) is 25.2. The Morgan fingerprint density at radius 1 is 1.23 bits per heavy atom. The van der Waals surface area contributed by atoms with E-state index < -0.39 is 29.7 Å².